The van der Waals surface area contributed by atoms with Gasteiger partial charge in [-0.05, 0) is 12.1 Å². The average molecular weight is 120 g/mol. The third kappa shape index (κ3) is 0.579. The predicted octanol–water partition coefficient (Wildman–Crippen LogP) is 0.958. The van der Waals surface area contributed by atoms with Crippen molar-refractivity contribution < 1.29 is 1.41 Å². The second-order valence-electron chi connectivity index (χ2n) is 1.76. The van der Waals surface area contributed by atoms with Crippen LogP contribution in [0, 0.1) is 0 Å². The molecule has 3 nitrogen and oxygen atoms in total. The summed E-state index contributed by atoms with van der Waals surface area (Å²) in [5, 5.41) is 5.70. The van der Waals surface area contributed by atoms with Crippen molar-refractivity contribution in [3.05, 3.63) is 24.5 Å². The van der Waals surface area contributed by atoms with Crippen LogP contribution in [0.25, 0.3) is 11.0 Å². The van der Waals surface area contributed by atoms with Crippen molar-refractivity contribution in [1.29, 1.82) is 0 Å². The first-order valence-corrected chi connectivity index (χ1v) is 2.66. The van der Waals surface area contributed by atoms with E-state index >= 15 is 0 Å². The zero-order chi connectivity index (χ0) is 6.97. The molecule has 0 fully saturated rings. The van der Waals surface area contributed by atoms with Crippen molar-refractivity contribution in [1.82, 2.24) is 15.2 Å². The van der Waals surface area contributed by atoms with Crippen molar-refractivity contribution in [3.63, 3.8) is 0 Å². The van der Waals surface area contributed by atoms with Gasteiger partial charge >= 0.3 is 0 Å². The fourth-order valence-electron chi connectivity index (χ4n) is 0.739. The molecule has 0 bridgehead atoms. The lowest BCUT2D eigenvalue weighted by Crippen LogP contribution is -1.71. The minimum absolute atomic E-state index is 0.623. The van der Waals surface area contributed by atoms with Crippen LogP contribution >= 0.6 is 0 Å². The molecule has 2 aromatic heterocycles. The fraction of sp³-hybridized carbons (Fsp3) is 0. The van der Waals surface area contributed by atoms with Gasteiger partial charge in [-0.15, -0.1) is 0 Å². The quantitative estimate of drug-likeness (QED) is 0.562. The Morgan fingerprint density at radius 1 is 1.67 bits per heavy atom. The standard InChI is InChI=1S/C6H5N3/c1-2-5-4-8-9-6(5)7-3-1/h1-4H,(H,7,8,9)/i/hD. The number of H-pyrrole nitrogens is 1. The Labute approximate surface area is 53.2 Å². The Morgan fingerprint density at radius 3 is 3.56 bits per heavy atom. The largest absolute Gasteiger partial charge is 0.283 e. The van der Waals surface area contributed by atoms with E-state index in [4.69, 9.17) is 1.41 Å². The molecule has 0 radical (unpaired) electrons. The summed E-state index contributed by atoms with van der Waals surface area (Å²) in [6.45, 7) is 0. The molecule has 44 valence electrons. The van der Waals surface area contributed by atoms with E-state index in [1.807, 2.05) is 12.1 Å². The van der Waals surface area contributed by atoms with Crippen molar-refractivity contribution in [3.8, 4) is 0 Å². The molecule has 0 aromatic carbocycles. The number of aromatic amines is 1. The van der Waals surface area contributed by atoms with Crippen molar-refractivity contribution in [2.75, 3.05) is 0 Å². The molecule has 0 saturated heterocycles. The highest BCUT2D eigenvalue weighted by molar-refractivity contribution is 5.72. The van der Waals surface area contributed by atoms with Gasteiger partial charge in [-0.3, -0.25) is 5.09 Å². The van der Waals surface area contributed by atoms with Crippen molar-refractivity contribution in [2.45, 2.75) is 0 Å². The van der Waals surface area contributed by atoms with E-state index in [0.29, 0.717) is 5.65 Å². The summed E-state index contributed by atoms with van der Waals surface area (Å²) in [7, 11) is 0. The van der Waals surface area contributed by atoms with E-state index in [-0.39, 0.29) is 0 Å². The number of aromatic nitrogens is 3. The van der Waals surface area contributed by atoms with Crippen LogP contribution < -0.4 is 0 Å². The second-order valence-corrected chi connectivity index (χ2v) is 1.76. The first-order valence-electron chi connectivity index (χ1n) is 3.10. The van der Waals surface area contributed by atoms with Crippen LogP contribution in [-0.2, 0) is 0 Å². The maximum absolute atomic E-state index is 7.09. The highest BCUT2D eigenvalue weighted by Crippen LogP contribution is 2.03. The van der Waals surface area contributed by atoms with E-state index in [1.54, 1.807) is 12.4 Å². The van der Waals surface area contributed by atoms with E-state index in [0.717, 1.165) is 10.5 Å². The second kappa shape index (κ2) is 1.55. The van der Waals surface area contributed by atoms with Crippen LogP contribution in [0.15, 0.2) is 24.5 Å². The van der Waals surface area contributed by atoms with Crippen LogP contribution in [0.1, 0.15) is 0 Å². The molecule has 0 amide bonds. The molecule has 0 saturated carbocycles. The predicted molar refractivity (Wildman–Crippen MR) is 33.9 cm³/mol. The van der Waals surface area contributed by atoms with Crippen LogP contribution in [0.5, 0.6) is 0 Å². The molecule has 3 heteroatoms. The number of hydrogen-bond donors (Lipinski definition) is 1. The maximum Gasteiger partial charge on any atom is 0.189 e. The summed E-state index contributed by atoms with van der Waals surface area (Å²) in [6.07, 6.45) is 3.28. The fourth-order valence-corrected chi connectivity index (χ4v) is 0.739. The van der Waals surface area contributed by atoms with Gasteiger partial charge in [-0.1, -0.05) is 0 Å². The van der Waals surface area contributed by atoms with Crippen molar-refractivity contribution in [2.24, 2.45) is 0 Å². The minimum Gasteiger partial charge on any atom is -0.283 e. The van der Waals surface area contributed by atoms with Crippen LogP contribution in [-0.4, -0.2) is 15.2 Å². The van der Waals surface area contributed by atoms with E-state index in [1.165, 1.54) is 0 Å². The Morgan fingerprint density at radius 2 is 2.67 bits per heavy atom. The Balaban J connectivity index is 2.88. The average Bonchev–Trinajstić information content (AvgIpc) is 2.27. The van der Waals surface area contributed by atoms with E-state index < -0.39 is 0 Å². The summed E-state index contributed by atoms with van der Waals surface area (Å²) < 4.78 is 7.09. The zero-order valence-electron chi connectivity index (χ0n) is 5.65. The number of hydrogen-bond acceptors (Lipinski definition) is 2. The summed E-state index contributed by atoms with van der Waals surface area (Å²) >= 11 is 0. The first kappa shape index (κ1) is 3.61. The number of rotatable bonds is 0. The van der Waals surface area contributed by atoms with Gasteiger partial charge in [0.05, 0.1) is 0 Å². The SMILES string of the molecule is [2H]n1cc2cccnc2n1. The topological polar surface area (TPSA) is 41.6 Å². The molecule has 2 rings (SSSR count). The van der Waals surface area contributed by atoms with E-state index in [9.17, 15) is 0 Å². The first-order chi connectivity index (χ1) is 4.86. The molecule has 9 heavy (non-hydrogen) atoms. The summed E-state index contributed by atoms with van der Waals surface area (Å²) in [4.78, 5) is 3.95. The molecule has 1 N–H and O–H groups in total. The van der Waals surface area contributed by atoms with Gasteiger partial charge in [0, 0.05) is 17.8 Å². The lowest BCUT2D eigenvalue weighted by atomic mass is 10.4. The van der Waals surface area contributed by atoms with Gasteiger partial charge in [0.15, 0.2) is 7.06 Å². The van der Waals surface area contributed by atoms with Gasteiger partial charge in [0.2, 0.25) is 0 Å². The highest BCUT2D eigenvalue weighted by Gasteiger charge is 1.90. The molecule has 2 heterocycles. The van der Waals surface area contributed by atoms with Gasteiger partial charge in [0.25, 0.3) is 0 Å². The normalized spacial score (nSPS) is 11.8. The Bertz CT molecular complexity index is 322. The lowest BCUT2D eigenvalue weighted by Gasteiger charge is -1.79. The van der Waals surface area contributed by atoms with Crippen LogP contribution in [0.2, 0.25) is 1.41 Å². The zero-order valence-corrected chi connectivity index (χ0v) is 4.65. The third-order valence-electron chi connectivity index (χ3n) is 1.17. The highest BCUT2D eigenvalue weighted by atomic mass is 15.1. The molecule has 0 aliphatic carbocycles. The van der Waals surface area contributed by atoms with Gasteiger partial charge in [-0.25, -0.2) is 4.98 Å². The number of nitrogens with one attached hydrogen (secondary N) is 1. The molecule has 0 aliphatic rings. The molecular formula is C6H5N3. The smallest absolute Gasteiger partial charge is 0.189 e. The molecule has 0 unspecified atom stereocenters. The van der Waals surface area contributed by atoms with E-state index in [2.05, 4.69) is 10.1 Å². The van der Waals surface area contributed by atoms with Gasteiger partial charge in [0.1, 0.15) is 0 Å². The summed E-state index contributed by atoms with van der Waals surface area (Å²) in [6, 6.07) is 3.70. The number of nitrogens with zero attached hydrogens (tertiary/aromatic N) is 2. The molecular weight excluding hydrogens is 114 g/mol. The molecule has 0 aliphatic heterocycles. The third-order valence-corrected chi connectivity index (χ3v) is 1.17. The molecule has 2 aromatic rings. The van der Waals surface area contributed by atoms with Crippen LogP contribution in [0.3, 0.4) is 0 Å². The van der Waals surface area contributed by atoms with Gasteiger partial charge in [-0.2, -0.15) is 5.10 Å². The van der Waals surface area contributed by atoms with Gasteiger partial charge < -0.3 is 0 Å². The summed E-state index contributed by atoms with van der Waals surface area (Å²) in [5.41, 5.74) is 0.623. The number of pyridine rings is 1. The Hall–Kier alpha value is -1.38. The molecule has 0 atom stereocenters. The monoisotopic (exact) mass is 120 g/mol. The minimum atomic E-state index is 0.623. The Kier molecular flexibility index (Phi) is 0.621. The van der Waals surface area contributed by atoms with Crippen LogP contribution in [0.4, 0.5) is 0 Å². The lowest BCUT2D eigenvalue weighted by molar-refractivity contribution is 1.10. The molecule has 0 spiro atoms. The van der Waals surface area contributed by atoms with Crippen molar-refractivity contribution >= 4 is 11.0 Å². The maximum atomic E-state index is 7.09. The summed E-state index contributed by atoms with van der Waals surface area (Å²) in [5.74, 6) is 0. The number of fused-ring (bicyclic) bond motifs is 1.